The van der Waals surface area contributed by atoms with E-state index in [0.717, 1.165) is 23.2 Å². The van der Waals surface area contributed by atoms with E-state index in [4.69, 9.17) is 5.73 Å². The van der Waals surface area contributed by atoms with E-state index < -0.39 is 0 Å². The molecule has 0 radical (unpaired) electrons. The molecule has 1 fully saturated rings. The number of hydrogen-bond acceptors (Lipinski definition) is 2. The average Bonchev–Trinajstić information content (AvgIpc) is 3.22. The number of nitrogens with one attached hydrogen (secondary N) is 1. The molecule has 106 valence electrons. The second-order valence-electron chi connectivity index (χ2n) is 6.08. The third-order valence-corrected chi connectivity index (χ3v) is 4.67. The van der Waals surface area contributed by atoms with Gasteiger partial charge in [0.1, 0.15) is 0 Å². The zero-order valence-corrected chi connectivity index (χ0v) is 11.8. The van der Waals surface area contributed by atoms with E-state index >= 15 is 0 Å². The summed E-state index contributed by atoms with van der Waals surface area (Å²) in [5.41, 5.74) is 11.0. The number of carbonyl (C=O) groups is 1. The fourth-order valence-corrected chi connectivity index (χ4v) is 3.40. The van der Waals surface area contributed by atoms with Crippen LogP contribution in [0.2, 0.25) is 0 Å². The number of anilines is 1. The van der Waals surface area contributed by atoms with Crippen LogP contribution in [0.3, 0.4) is 0 Å². The molecule has 3 unspecified atom stereocenters. The highest BCUT2D eigenvalue weighted by molar-refractivity contribution is 5.99. The fourth-order valence-electron chi connectivity index (χ4n) is 3.40. The number of hydrogen-bond donors (Lipinski definition) is 2. The molecule has 2 aromatic carbocycles. The van der Waals surface area contributed by atoms with E-state index in [2.05, 4.69) is 41.7 Å². The van der Waals surface area contributed by atoms with Crippen LogP contribution in [0, 0.1) is 5.92 Å². The van der Waals surface area contributed by atoms with Crippen molar-refractivity contribution in [3.05, 3.63) is 65.2 Å². The molecule has 0 aromatic heterocycles. The lowest BCUT2D eigenvalue weighted by molar-refractivity contribution is -0.115. The van der Waals surface area contributed by atoms with Crippen molar-refractivity contribution in [2.24, 2.45) is 11.7 Å². The molecule has 3 atom stereocenters. The number of carbonyl (C=O) groups excluding carboxylic acids is 1. The molecular formula is C18H18N2O. The largest absolute Gasteiger partial charge is 0.326 e. The van der Waals surface area contributed by atoms with E-state index in [1.807, 2.05) is 12.1 Å². The summed E-state index contributed by atoms with van der Waals surface area (Å²) in [6.45, 7) is 0. The Morgan fingerprint density at radius 3 is 2.76 bits per heavy atom. The van der Waals surface area contributed by atoms with Crippen LogP contribution < -0.4 is 11.1 Å². The molecule has 0 bridgehead atoms. The maximum atomic E-state index is 11.4. The molecule has 1 heterocycles. The van der Waals surface area contributed by atoms with Gasteiger partial charge in [-0.15, -0.1) is 0 Å². The molecule has 3 N–H and O–H groups in total. The van der Waals surface area contributed by atoms with E-state index in [-0.39, 0.29) is 11.9 Å². The van der Waals surface area contributed by atoms with Gasteiger partial charge in [0.25, 0.3) is 0 Å². The van der Waals surface area contributed by atoms with Crippen molar-refractivity contribution >= 4 is 11.6 Å². The normalized spacial score (nSPS) is 24.3. The minimum atomic E-state index is 0.0520. The van der Waals surface area contributed by atoms with Crippen molar-refractivity contribution in [3.8, 4) is 0 Å². The molecule has 21 heavy (non-hydrogen) atoms. The first-order valence-corrected chi connectivity index (χ1v) is 7.45. The summed E-state index contributed by atoms with van der Waals surface area (Å²) in [6, 6.07) is 16.8. The lowest BCUT2D eigenvalue weighted by Crippen LogP contribution is -2.13. The molecule has 1 saturated carbocycles. The summed E-state index contributed by atoms with van der Waals surface area (Å²) in [7, 11) is 0. The van der Waals surface area contributed by atoms with Gasteiger partial charge in [0.05, 0.1) is 6.42 Å². The summed E-state index contributed by atoms with van der Waals surface area (Å²) >= 11 is 0. The molecule has 2 aliphatic rings. The van der Waals surface area contributed by atoms with Gasteiger partial charge in [-0.1, -0.05) is 42.5 Å². The Hall–Kier alpha value is -2.13. The minimum Gasteiger partial charge on any atom is -0.326 e. The highest BCUT2D eigenvalue weighted by Gasteiger charge is 2.42. The Labute approximate surface area is 124 Å². The van der Waals surface area contributed by atoms with Crippen LogP contribution in [0.15, 0.2) is 48.5 Å². The Bertz CT molecular complexity index is 696. The molecule has 1 amide bonds. The molecule has 3 heteroatoms. The second-order valence-corrected chi connectivity index (χ2v) is 6.08. The Balaban J connectivity index is 1.53. The summed E-state index contributed by atoms with van der Waals surface area (Å²) < 4.78 is 0. The number of nitrogens with two attached hydrogens (primary N) is 1. The lowest BCUT2D eigenvalue weighted by Gasteiger charge is -2.13. The van der Waals surface area contributed by atoms with Crippen LogP contribution >= 0.6 is 0 Å². The maximum absolute atomic E-state index is 11.4. The second kappa shape index (κ2) is 4.71. The highest BCUT2D eigenvalue weighted by Crippen LogP contribution is 2.53. The lowest BCUT2D eigenvalue weighted by atomic mass is 9.97. The van der Waals surface area contributed by atoms with Crippen molar-refractivity contribution in [1.29, 1.82) is 0 Å². The zero-order chi connectivity index (χ0) is 14.4. The molecule has 0 spiro atoms. The van der Waals surface area contributed by atoms with Gasteiger partial charge in [0.2, 0.25) is 5.91 Å². The molecule has 0 saturated heterocycles. The first-order chi connectivity index (χ1) is 10.2. The van der Waals surface area contributed by atoms with Crippen LogP contribution in [0.25, 0.3) is 0 Å². The van der Waals surface area contributed by atoms with Crippen molar-refractivity contribution in [3.63, 3.8) is 0 Å². The monoisotopic (exact) mass is 278 g/mol. The Kier molecular flexibility index (Phi) is 2.82. The van der Waals surface area contributed by atoms with E-state index in [1.165, 1.54) is 5.56 Å². The van der Waals surface area contributed by atoms with Gasteiger partial charge in [-0.05, 0) is 41.0 Å². The highest BCUT2D eigenvalue weighted by atomic mass is 16.1. The van der Waals surface area contributed by atoms with E-state index in [9.17, 15) is 4.79 Å². The molecular weight excluding hydrogens is 260 g/mol. The predicted octanol–water partition coefficient (Wildman–Crippen LogP) is 2.98. The van der Waals surface area contributed by atoms with Crippen LogP contribution in [0.5, 0.6) is 0 Å². The van der Waals surface area contributed by atoms with Crippen LogP contribution in [0.1, 0.15) is 35.1 Å². The van der Waals surface area contributed by atoms with Crippen molar-refractivity contribution < 1.29 is 4.79 Å². The molecule has 2 aromatic rings. The van der Waals surface area contributed by atoms with Crippen LogP contribution in [-0.4, -0.2) is 5.91 Å². The van der Waals surface area contributed by atoms with Gasteiger partial charge in [0.15, 0.2) is 0 Å². The predicted molar refractivity (Wildman–Crippen MR) is 83.0 cm³/mol. The van der Waals surface area contributed by atoms with Gasteiger partial charge in [0, 0.05) is 11.7 Å². The number of rotatable bonds is 3. The average molecular weight is 278 g/mol. The van der Waals surface area contributed by atoms with Crippen molar-refractivity contribution in [2.75, 3.05) is 5.32 Å². The van der Waals surface area contributed by atoms with Crippen molar-refractivity contribution in [1.82, 2.24) is 0 Å². The van der Waals surface area contributed by atoms with E-state index in [0.29, 0.717) is 18.3 Å². The summed E-state index contributed by atoms with van der Waals surface area (Å²) in [5.74, 6) is 1.16. The quantitative estimate of drug-likeness (QED) is 0.907. The van der Waals surface area contributed by atoms with Gasteiger partial charge in [-0.25, -0.2) is 0 Å². The summed E-state index contributed by atoms with van der Waals surface area (Å²) in [4.78, 5) is 11.4. The fraction of sp³-hybridized carbons (Fsp3) is 0.278. The third-order valence-electron chi connectivity index (χ3n) is 4.67. The zero-order valence-electron chi connectivity index (χ0n) is 11.8. The summed E-state index contributed by atoms with van der Waals surface area (Å²) in [6.07, 6.45) is 1.63. The van der Waals surface area contributed by atoms with E-state index in [1.54, 1.807) is 0 Å². The first kappa shape index (κ1) is 12.6. The summed E-state index contributed by atoms with van der Waals surface area (Å²) in [5, 5.41) is 2.86. The smallest absolute Gasteiger partial charge is 0.228 e. The van der Waals surface area contributed by atoms with Crippen LogP contribution in [-0.2, 0) is 11.2 Å². The van der Waals surface area contributed by atoms with Crippen molar-refractivity contribution in [2.45, 2.75) is 24.8 Å². The SMILES string of the molecule is NC(c1ccc2c(c1)CC(=O)N2)C1CC1c1ccccc1. The Morgan fingerprint density at radius 2 is 1.95 bits per heavy atom. The number of amides is 1. The molecule has 1 aliphatic heterocycles. The Morgan fingerprint density at radius 1 is 1.14 bits per heavy atom. The number of benzene rings is 2. The molecule has 4 rings (SSSR count). The maximum Gasteiger partial charge on any atom is 0.228 e. The first-order valence-electron chi connectivity index (χ1n) is 7.45. The molecule has 3 nitrogen and oxygen atoms in total. The third kappa shape index (κ3) is 2.24. The van der Waals surface area contributed by atoms with Gasteiger partial charge >= 0.3 is 0 Å². The standard InChI is InChI=1S/C18H18N2O/c19-18(15-10-14(15)11-4-2-1-3-5-11)12-6-7-16-13(8-12)9-17(21)20-16/h1-8,14-15,18H,9-10,19H2,(H,20,21). The van der Waals surface area contributed by atoms with Gasteiger partial charge < -0.3 is 11.1 Å². The van der Waals surface area contributed by atoms with Gasteiger partial charge in [-0.2, -0.15) is 0 Å². The number of fused-ring (bicyclic) bond motifs is 1. The minimum absolute atomic E-state index is 0.0520. The van der Waals surface area contributed by atoms with Crippen LogP contribution in [0.4, 0.5) is 5.69 Å². The van der Waals surface area contributed by atoms with Gasteiger partial charge in [-0.3, -0.25) is 4.79 Å². The molecule has 1 aliphatic carbocycles. The topological polar surface area (TPSA) is 55.1 Å².